The van der Waals surface area contributed by atoms with Gasteiger partial charge in [0.25, 0.3) is 11.8 Å². The highest BCUT2D eigenvalue weighted by atomic mass is 16.6. The average Bonchev–Trinajstić information content (AvgIpc) is 2.79. The zero-order valence-electron chi connectivity index (χ0n) is 13.1. The van der Waals surface area contributed by atoms with Crippen molar-refractivity contribution in [1.29, 1.82) is 0 Å². The van der Waals surface area contributed by atoms with E-state index < -0.39 is 12.2 Å². The highest BCUT2D eigenvalue weighted by Crippen LogP contribution is 2.24. The summed E-state index contributed by atoms with van der Waals surface area (Å²) in [6.07, 6.45) is -0.714. The monoisotopic (exact) mass is 321 g/mol. The third-order valence-corrected chi connectivity index (χ3v) is 3.30. The van der Waals surface area contributed by atoms with Gasteiger partial charge in [-0.05, 0) is 26.0 Å². The minimum atomic E-state index is -0.714. The molecule has 0 spiro atoms. The van der Waals surface area contributed by atoms with Gasteiger partial charge >= 0.3 is 5.97 Å². The van der Waals surface area contributed by atoms with Crippen molar-refractivity contribution in [2.24, 2.45) is 0 Å². The Hall–Kier alpha value is -2.25. The molecule has 23 heavy (non-hydrogen) atoms. The maximum absolute atomic E-state index is 12.2. The van der Waals surface area contributed by atoms with Gasteiger partial charge in [-0.3, -0.25) is 9.59 Å². The number of ether oxygens (including phenoxy) is 3. The summed E-state index contributed by atoms with van der Waals surface area (Å²) in [6, 6.07) is 6.65. The minimum absolute atomic E-state index is 0.147. The minimum Gasteiger partial charge on any atom is -0.464 e. The van der Waals surface area contributed by atoms with E-state index in [2.05, 4.69) is 0 Å². The summed E-state index contributed by atoms with van der Waals surface area (Å²) in [5.74, 6) is -1.18. The molecular weight excluding hydrogens is 302 g/mol. The lowest BCUT2D eigenvalue weighted by molar-refractivity contribution is -0.149. The van der Waals surface area contributed by atoms with Crippen LogP contribution in [0, 0.1) is 0 Å². The molecule has 0 saturated heterocycles. The third-order valence-electron chi connectivity index (χ3n) is 3.30. The maximum Gasteiger partial charge on any atom is 0.332 e. The Bertz CT molecular complexity index is 565. The van der Waals surface area contributed by atoms with Gasteiger partial charge in [0.15, 0.2) is 0 Å². The highest BCUT2D eigenvalue weighted by Gasteiger charge is 2.38. The van der Waals surface area contributed by atoms with Crippen molar-refractivity contribution in [3.63, 3.8) is 0 Å². The van der Waals surface area contributed by atoms with Gasteiger partial charge < -0.3 is 14.2 Å². The van der Waals surface area contributed by atoms with Crippen LogP contribution >= 0.6 is 0 Å². The predicted octanol–water partition coefficient (Wildman–Crippen LogP) is 1.22. The fourth-order valence-electron chi connectivity index (χ4n) is 2.25. The van der Waals surface area contributed by atoms with Gasteiger partial charge in [0.2, 0.25) is 0 Å². The molecule has 0 saturated carbocycles. The number of esters is 1. The van der Waals surface area contributed by atoms with Crippen LogP contribution in [-0.2, 0) is 19.0 Å². The number of hydrogen-bond acceptors (Lipinski definition) is 6. The van der Waals surface area contributed by atoms with Crippen LogP contribution in [-0.4, -0.2) is 55.3 Å². The molecule has 1 heterocycles. The number of fused-ring (bicyclic) bond motifs is 1. The fourth-order valence-corrected chi connectivity index (χ4v) is 2.25. The Labute approximate surface area is 134 Å². The van der Waals surface area contributed by atoms with Gasteiger partial charge in [0.05, 0.1) is 30.9 Å². The molecule has 7 heteroatoms. The van der Waals surface area contributed by atoms with Crippen molar-refractivity contribution in [2.45, 2.75) is 20.1 Å². The van der Waals surface area contributed by atoms with Gasteiger partial charge in [0.1, 0.15) is 12.8 Å². The summed E-state index contributed by atoms with van der Waals surface area (Å²) in [6.45, 7) is 3.78. The fraction of sp³-hybridized carbons (Fsp3) is 0.438. The number of hydrogen-bond donors (Lipinski definition) is 0. The van der Waals surface area contributed by atoms with Crippen molar-refractivity contribution in [1.82, 2.24) is 4.90 Å². The molecule has 2 rings (SSSR count). The second-order valence-electron chi connectivity index (χ2n) is 4.85. The first-order chi connectivity index (χ1) is 11.1. The van der Waals surface area contributed by atoms with Crippen LogP contribution in [0.4, 0.5) is 0 Å². The number of rotatable bonds is 8. The Balaban J connectivity index is 1.79. The van der Waals surface area contributed by atoms with E-state index in [1.54, 1.807) is 38.1 Å². The summed E-state index contributed by atoms with van der Waals surface area (Å²) in [4.78, 5) is 36.6. The molecule has 7 nitrogen and oxygen atoms in total. The van der Waals surface area contributed by atoms with Crippen molar-refractivity contribution in [3.05, 3.63) is 35.4 Å². The lowest BCUT2D eigenvalue weighted by Gasteiger charge is -2.22. The van der Waals surface area contributed by atoms with E-state index in [-0.39, 0.29) is 31.6 Å². The molecule has 0 fully saturated rings. The Morgan fingerprint density at radius 2 is 1.74 bits per heavy atom. The average molecular weight is 321 g/mol. The summed E-state index contributed by atoms with van der Waals surface area (Å²) >= 11 is 0. The van der Waals surface area contributed by atoms with Crippen LogP contribution in [0.25, 0.3) is 0 Å². The van der Waals surface area contributed by atoms with E-state index in [9.17, 15) is 14.4 Å². The molecule has 2 amide bonds. The lowest BCUT2D eigenvalue weighted by Crippen LogP contribution is -2.40. The quantitative estimate of drug-likeness (QED) is 0.407. The topological polar surface area (TPSA) is 82.1 Å². The van der Waals surface area contributed by atoms with Gasteiger partial charge in [-0.2, -0.15) is 0 Å². The van der Waals surface area contributed by atoms with Crippen LogP contribution in [0.5, 0.6) is 0 Å². The second kappa shape index (κ2) is 7.85. The molecule has 0 aliphatic carbocycles. The zero-order chi connectivity index (χ0) is 16.8. The molecule has 124 valence electrons. The first kappa shape index (κ1) is 17.1. The standard InChI is InChI=1S/C16H19NO6/c1-3-22-14(18)10-21-8-9-23-11(2)17-15(19)12-6-4-5-7-13(12)16(17)20/h4-7,11H,3,8-10H2,1-2H3. The van der Waals surface area contributed by atoms with E-state index in [1.165, 1.54) is 0 Å². The number of nitrogens with zero attached hydrogens (tertiary/aromatic N) is 1. The van der Waals surface area contributed by atoms with Crippen molar-refractivity contribution in [2.75, 3.05) is 26.4 Å². The summed E-state index contributed by atoms with van der Waals surface area (Å²) in [5.41, 5.74) is 0.762. The second-order valence-corrected chi connectivity index (χ2v) is 4.85. The normalized spacial score (nSPS) is 14.8. The number of amides is 2. The highest BCUT2D eigenvalue weighted by molar-refractivity contribution is 6.21. The van der Waals surface area contributed by atoms with E-state index in [0.717, 1.165) is 4.90 Å². The van der Waals surface area contributed by atoms with Gasteiger partial charge in [-0.25, -0.2) is 9.69 Å². The molecule has 1 aromatic carbocycles. The van der Waals surface area contributed by atoms with Crippen LogP contribution < -0.4 is 0 Å². The van der Waals surface area contributed by atoms with Crippen molar-refractivity contribution >= 4 is 17.8 Å². The Morgan fingerprint density at radius 1 is 1.13 bits per heavy atom. The molecule has 0 N–H and O–H groups in total. The molecule has 0 bridgehead atoms. The molecule has 1 atom stereocenters. The molecular formula is C16H19NO6. The Kier molecular flexibility index (Phi) is 5.84. The van der Waals surface area contributed by atoms with E-state index in [4.69, 9.17) is 14.2 Å². The molecule has 1 aromatic rings. The number of carbonyl (C=O) groups excluding carboxylic acids is 3. The molecule has 1 unspecified atom stereocenters. The molecule has 1 aliphatic rings. The first-order valence-electron chi connectivity index (χ1n) is 7.38. The summed E-state index contributed by atoms with van der Waals surface area (Å²) in [7, 11) is 0. The zero-order valence-corrected chi connectivity index (χ0v) is 13.1. The molecule has 1 aliphatic heterocycles. The first-order valence-corrected chi connectivity index (χ1v) is 7.38. The van der Waals surface area contributed by atoms with Crippen LogP contribution in [0.1, 0.15) is 34.6 Å². The van der Waals surface area contributed by atoms with Crippen LogP contribution in [0.3, 0.4) is 0 Å². The van der Waals surface area contributed by atoms with Gasteiger partial charge in [-0.1, -0.05) is 12.1 Å². The van der Waals surface area contributed by atoms with Crippen LogP contribution in [0.15, 0.2) is 24.3 Å². The summed E-state index contributed by atoms with van der Waals surface area (Å²) < 4.78 is 15.2. The SMILES string of the molecule is CCOC(=O)COCCOC(C)N1C(=O)c2ccccc2C1=O. The smallest absolute Gasteiger partial charge is 0.332 e. The largest absolute Gasteiger partial charge is 0.464 e. The molecule has 0 aromatic heterocycles. The number of benzene rings is 1. The maximum atomic E-state index is 12.2. The van der Waals surface area contributed by atoms with E-state index >= 15 is 0 Å². The van der Waals surface area contributed by atoms with E-state index in [1.807, 2.05) is 0 Å². The number of imide groups is 1. The predicted molar refractivity (Wildman–Crippen MR) is 79.8 cm³/mol. The van der Waals surface area contributed by atoms with Crippen molar-refractivity contribution in [3.8, 4) is 0 Å². The number of carbonyl (C=O) groups is 3. The van der Waals surface area contributed by atoms with Gasteiger partial charge in [-0.15, -0.1) is 0 Å². The third kappa shape index (κ3) is 3.94. The van der Waals surface area contributed by atoms with E-state index in [0.29, 0.717) is 17.7 Å². The summed E-state index contributed by atoms with van der Waals surface area (Å²) in [5, 5.41) is 0. The lowest BCUT2D eigenvalue weighted by atomic mass is 10.1. The van der Waals surface area contributed by atoms with Gasteiger partial charge in [0, 0.05) is 0 Å². The van der Waals surface area contributed by atoms with Crippen molar-refractivity contribution < 1.29 is 28.6 Å². The molecule has 0 radical (unpaired) electrons. The Morgan fingerprint density at radius 3 is 2.30 bits per heavy atom. The van der Waals surface area contributed by atoms with Crippen LogP contribution in [0.2, 0.25) is 0 Å².